The summed E-state index contributed by atoms with van der Waals surface area (Å²) in [5.74, 6) is -0.854. The highest BCUT2D eigenvalue weighted by molar-refractivity contribution is 6.30. The second-order valence-electron chi connectivity index (χ2n) is 4.26. The van der Waals surface area contributed by atoms with Crippen molar-refractivity contribution in [1.29, 1.82) is 0 Å². The Kier molecular flexibility index (Phi) is 4.57. The van der Waals surface area contributed by atoms with Crippen molar-refractivity contribution < 1.29 is 13.5 Å². The fourth-order valence-corrected chi connectivity index (χ4v) is 2.29. The smallest absolute Gasteiger partial charge is 0.165 e. The van der Waals surface area contributed by atoms with Crippen LogP contribution in [0.1, 0.15) is 17.2 Å². The Labute approximate surface area is 121 Å². The summed E-state index contributed by atoms with van der Waals surface area (Å²) < 4.78 is 32.7. The molecule has 0 aliphatic rings. The SMILES string of the molecule is CNC(c1ccc(OC)c(F)c1)c1cccc(Cl)c1F. The fraction of sp³-hybridized carbons (Fsp3) is 0.200. The Morgan fingerprint density at radius 3 is 2.55 bits per heavy atom. The van der Waals surface area contributed by atoms with Crippen molar-refractivity contribution in [2.45, 2.75) is 6.04 Å². The molecule has 0 spiro atoms. The predicted octanol–water partition coefficient (Wildman–Crippen LogP) is 3.94. The second-order valence-corrected chi connectivity index (χ2v) is 4.67. The highest BCUT2D eigenvalue weighted by Gasteiger charge is 2.19. The van der Waals surface area contributed by atoms with Gasteiger partial charge in [0.1, 0.15) is 5.82 Å². The van der Waals surface area contributed by atoms with Gasteiger partial charge in [0.15, 0.2) is 11.6 Å². The van der Waals surface area contributed by atoms with Gasteiger partial charge in [-0.2, -0.15) is 0 Å². The van der Waals surface area contributed by atoms with E-state index in [0.29, 0.717) is 11.1 Å². The molecule has 20 heavy (non-hydrogen) atoms. The van der Waals surface area contributed by atoms with E-state index in [2.05, 4.69) is 5.32 Å². The standard InChI is InChI=1S/C15H14ClF2NO/c1-19-15(10-4-3-5-11(16)14(10)18)9-6-7-13(20-2)12(17)8-9/h3-8,15,19H,1-2H3. The minimum absolute atomic E-state index is 0.0386. The topological polar surface area (TPSA) is 21.3 Å². The average molecular weight is 298 g/mol. The van der Waals surface area contributed by atoms with E-state index < -0.39 is 17.7 Å². The molecule has 0 heterocycles. The summed E-state index contributed by atoms with van der Waals surface area (Å²) in [5.41, 5.74) is 0.955. The lowest BCUT2D eigenvalue weighted by Gasteiger charge is -2.19. The van der Waals surface area contributed by atoms with Crippen molar-refractivity contribution in [3.63, 3.8) is 0 Å². The number of benzene rings is 2. The highest BCUT2D eigenvalue weighted by atomic mass is 35.5. The third kappa shape index (κ3) is 2.76. The Hall–Kier alpha value is -1.65. The molecular weight excluding hydrogens is 284 g/mol. The summed E-state index contributed by atoms with van der Waals surface area (Å²) in [6, 6.07) is 8.77. The van der Waals surface area contributed by atoms with Crippen molar-refractivity contribution in [1.82, 2.24) is 5.32 Å². The third-order valence-corrected chi connectivity index (χ3v) is 3.38. The molecule has 1 unspecified atom stereocenters. The first kappa shape index (κ1) is 14.8. The van der Waals surface area contributed by atoms with Crippen LogP contribution in [0.2, 0.25) is 5.02 Å². The zero-order valence-electron chi connectivity index (χ0n) is 11.1. The number of methoxy groups -OCH3 is 1. The van der Waals surface area contributed by atoms with Crippen molar-refractivity contribution in [2.24, 2.45) is 0 Å². The first-order valence-electron chi connectivity index (χ1n) is 6.03. The minimum Gasteiger partial charge on any atom is -0.494 e. The first-order chi connectivity index (χ1) is 9.58. The molecule has 2 aromatic carbocycles. The first-order valence-corrected chi connectivity index (χ1v) is 6.41. The van der Waals surface area contributed by atoms with Crippen LogP contribution in [-0.4, -0.2) is 14.2 Å². The van der Waals surface area contributed by atoms with E-state index in [0.717, 1.165) is 0 Å². The lowest BCUT2D eigenvalue weighted by Crippen LogP contribution is -2.19. The quantitative estimate of drug-likeness (QED) is 0.923. The van der Waals surface area contributed by atoms with Crippen LogP contribution in [0.25, 0.3) is 0 Å². The van der Waals surface area contributed by atoms with Gasteiger partial charge in [0.2, 0.25) is 0 Å². The molecule has 0 saturated heterocycles. The molecule has 2 nitrogen and oxygen atoms in total. The van der Waals surface area contributed by atoms with Crippen LogP contribution in [0, 0.1) is 11.6 Å². The van der Waals surface area contributed by atoms with E-state index >= 15 is 0 Å². The van der Waals surface area contributed by atoms with Crippen LogP contribution < -0.4 is 10.1 Å². The molecule has 2 rings (SSSR count). The monoisotopic (exact) mass is 297 g/mol. The van der Waals surface area contributed by atoms with Crippen LogP contribution in [-0.2, 0) is 0 Å². The van der Waals surface area contributed by atoms with Crippen molar-refractivity contribution in [3.05, 3.63) is 64.2 Å². The molecule has 1 N–H and O–H groups in total. The maximum Gasteiger partial charge on any atom is 0.165 e. The number of hydrogen-bond donors (Lipinski definition) is 1. The maximum absolute atomic E-state index is 14.1. The number of nitrogens with one attached hydrogen (secondary N) is 1. The van der Waals surface area contributed by atoms with Crippen molar-refractivity contribution in [2.75, 3.05) is 14.2 Å². The van der Waals surface area contributed by atoms with E-state index in [1.165, 1.54) is 25.3 Å². The Balaban J connectivity index is 2.47. The molecule has 0 radical (unpaired) electrons. The van der Waals surface area contributed by atoms with Gasteiger partial charge < -0.3 is 10.1 Å². The normalized spacial score (nSPS) is 12.2. The Morgan fingerprint density at radius 1 is 1.20 bits per heavy atom. The summed E-state index contributed by atoms with van der Waals surface area (Å²) in [4.78, 5) is 0. The zero-order chi connectivity index (χ0) is 14.7. The fourth-order valence-electron chi connectivity index (χ4n) is 2.11. The molecule has 106 valence electrons. The maximum atomic E-state index is 14.1. The van der Waals surface area contributed by atoms with Crippen LogP contribution in [0.4, 0.5) is 8.78 Å². The summed E-state index contributed by atoms with van der Waals surface area (Å²) in [5, 5.41) is 3.00. The molecule has 0 saturated carbocycles. The number of halogens is 3. The van der Waals surface area contributed by atoms with Gasteiger partial charge >= 0.3 is 0 Å². The zero-order valence-corrected chi connectivity index (χ0v) is 11.8. The minimum atomic E-state index is -0.509. The molecular formula is C15H14ClF2NO. The van der Waals surface area contributed by atoms with Crippen LogP contribution >= 0.6 is 11.6 Å². The van der Waals surface area contributed by atoms with Crippen LogP contribution in [0.15, 0.2) is 36.4 Å². The van der Waals surface area contributed by atoms with Crippen molar-refractivity contribution in [3.8, 4) is 5.75 Å². The van der Waals surface area contributed by atoms with Gasteiger partial charge in [0.25, 0.3) is 0 Å². The summed E-state index contributed by atoms with van der Waals surface area (Å²) in [6.07, 6.45) is 0. The van der Waals surface area contributed by atoms with E-state index in [1.54, 1.807) is 25.2 Å². The Morgan fingerprint density at radius 2 is 1.95 bits per heavy atom. The highest BCUT2D eigenvalue weighted by Crippen LogP contribution is 2.30. The van der Waals surface area contributed by atoms with Gasteiger partial charge in [-0.15, -0.1) is 0 Å². The molecule has 0 amide bonds. The van der Waals surface area contributed by atoms with Crippen LogP contribution in [0.5, 0.6) is 5.75 Å². The summed E-state index contributed by atoms with van der Waals surface area (Å²) in [6.45, 7) is 0. The van der Waals surface area contributed by atoms with E-state index in [-0.39, 0.29) is 10.8 Å². The van der Waals surface area contributed by atoms with Gasteiger partial charge in [0.05, 0.1) is 18.2 Å². The lowest BCUT2D eigenvalue weighted by molar-refractivity contribution is 0.386. The van der Waals surface area contributed by atoms with Gasteiger partial charge in [-0.05, 0) is 30.8 Å². The van der Waals surface area contributed by atoms with Crippen molar-refractivity contribution >= 4 is 11.6 Å². The Bertz CT molecular complexity index is 619. The molecule has 5 heteroatoms. The van der Waals surface area contributed by atoms with Gasteiger partial charge in [-0.1, -0.05) is 29.8 Å². The molecule has 0 bridgehead atoms. The molecule has 0 fully saturated rings. The lowest BCUT2D eigenvalue weighted by atomic mass is 9.98. The van der Waals surface area contributed by atoms with E-state index in [9.17, 15) is 8.78 Å². The van der Waals surface area contributed by atoms with E-state index in [4.69, 9.17) is 16.3 Å². The number of hydrogen-bond acceptors (Lipinski definition) is 2. The molecule has 0 aromatic heterocycles. The molecule has 1 atom stereocenters. The largest absolute Gasteiger partial charge is 0.494 e. The van der Waals surface area contributed by atoms with Gasteiger partial charge in [-0.25, -0.2) is 8.78 Å². The predicted molar refractivity (Wildman–Crippen MR) is 75.3 cm³/mol. The summed E-state index contributed by atoms with van der Waals surface area (Å²) >= 11 is 5.78. The second kappa shape index (κ2) is 6.20. The molecule has 2 aromatic rings. The molecule has 0 aliphatic carbocycles. The number of ether oxygens (including phenoxy) is 1. The van der Waals surface area contributed by atoms with Gasteiger partial charge in [-0.3, -0.25) is 0 Å². The number of rotatable bonds is 4. The van der Waals surface area contributed by atoms with Gasteiger partial charge in [0, 0.05) is 5.56 Å². The van der Waals surface area contributed by atoms with Crippen LogP contribution in [0.3, 0.4) is 0 Å². The third-order valence-electron chi connectivity index (χ3n) is 3.09. The summed E-state index contributed by atoms with van der Waals surface area (Å²) in [7, 11) is 3.07. The van der Waals surface area contributed by atoms with E-state index in [1.807, 2.05) is 0 Å². The average Bonchev–Trinajstić information content (AvgIpc) is 2.44. The molecule has 0 aliphatic heterocycles.